The number of halogens is 4. The Hall–Kier alpha value is -2.19. The second-order valence-electron chi connectivity index (χ2n) is 7.03. The predicted octanol–water partition coefficient (Wildman–Crippen LogP) is 8.72. The SMILES string of the molecule is CC.CC.CC(F)F.CCC(C=O)(CC)OC.CCc1nc(Cl)nc(NCc2ccccc2F)c1CC. The van der Waals surface area contributed by atoms with Gasteiger partial charge in [-0.1, -0.05) is 73.6 Å². The van der Waals surface area contributed by atoms with E-state index in [0.717, 1.165) is 50.2 Å². The van der Waals surface area contributed by atoms with Crippen LogP contribution in [0.25, 0.3) is 0 Å². The average Bonchev–Trinajstić information content (AvgIpc) is 2.92. The van der Waals surface area contributed by atoms with Crippen molar-refractivity contribution in [3.63, 3.8) is 0 Å². The minimum atomic E-state index is -2.17. The van der Waals surface area contributed by atoms with E-state index >= 15 is 0 Å². The van der Waals surface area contributed by atoms with Gasteiger partial charge in [0.05, 0.1) is 5.69 Å². The Kier molecular flexibility index (Phi) is 25.7. The summed E-state index contributed by atoms with van der Waals surface area (Å²) >= 11 is 5.93. The number of hydrogen-bond acceptors (Lipinski definition) is 5. The molecule has 0 fully saturated rings. The zero-order valence-corrected chi connectivity index (χ0v) is 25.0. The first-order chi connectivity index (χ1) is 17.6. The first-order valence-corrected chi connectivity index (χ1v) is 13.3. The van der Waals surface area contributed by atoms with E-state index in [4.69, 9.17) is 16.3 Å². The largest absolute Gasteiger partial charge is 0.371 e. The van der Waals surface area contributed by atoms with Crippen LogP contribution in [0.4, 0.5) is 19.0 Å². The van der Waals surface area contributed by atoms with Gasteiger partial charge in [-0.15, -0.1) is 0 Å². The molecule has 1 heterocycles. The first-order valence-electron chi connectivity index (χ1n) is 13.0. The number of carbonyl (C=O) groups excluding carboxylic acids is 1. The van der Waals surface area contributed by atoms with Crippen molar-refractivity contribution in [1.82, 2.24) is 9.97 Å². The van der Waals surface area contributed by atoms with Crippen molar-refractivity contribution >= 4 is 23.7 Å². The number of aldehydes is 1. The van der Waals surface area contributed by atoms with Crippen LogP contribution >= 0.6 is 11.6 Å². The fourth-order valence-corrected chi connectivity index (χ4v) is 3.07. The molecule has 0 saturated heterocycles. The highest BCUT2D eigenvalue weighted by atomic mass is 35.5. The van der Waals surface area contributed by atoms with Crippen LogP contribution < -0.4 is 5.32 Å². The second kappa shape index (κ2) is 24.2. The van der Waals surface area contributed by atoms with Gasteiger partial charge in [0.2, 0.25) is 11.7 Å². The van der Waals surface area contributed by atoms with Gasteiger partial charge >= 0.3 is 0 Å². The van der Waals surface area contributed by atoms with Crippen LogP contribution in [0.5, 0.6) is 0 Å². The minimum Gasteiger partial charge on any atom is -0.371 e. The van der Waals surface area contributed by atoms with Crippen LogP contribution in [0.2, 0.25) is 5.28 Å². The average molecular weight is 550 g/mol. The van der Waals surface area contributed by atoms with Crippen LogP contribution in [0, 0.1) is 5.82 Å². The fourth-order valence-electron chi connectivity index (χ4n) is 2.88. The number of alkyl halides is 2. The maximum Gasteiger partial charge on any atom is 0.235 e. The quantitative estimate of drug-likeness (QED) is 0.250. The molecule has 2 aromatic rings. The van der Waals surface area contributed by atoms with Crippen LogP contribution in [-0.4, -0.2) is 35.4 Å². The van der Waals surface area contributed by atoms with Gasteiger partial charge in [-0.2, -0.15) is 0 Å². The Labute approximate surface area is 227 Å². The predicted molar refractivity (Wildman–Crippen MR) is 150 cm³/mol. The molecule has 0 atom stereocenters. The van der Waals surface area contributed by atoms with Gasteiger partial charge in [0, 0.05) is 24.8 Å². The summed E-state index contributed by atoms with van der Waals surface area (Å²) < 4.78 is 39.3. The number of nitrogens with one attached hydrogen (secondary N) is 1. The molecule has 37 heavy (non-hydrogen) atoms. The van der Waals surface area contributed by atoms with E-state index in [-0.39, 0.29) is 11.1 Å². The summed E-state index contributed by atoms with van der Waals surface area (Å²) in [5, 5.41) is 3.38. The number of anilines is 1. The molecule has 1 aromatic heterocycles. The van der Waals surface area contributed by atoms with Crippen molar-refractivity contribution in [1.29, 1.82) is 0 Å². The molecule has 0 radical (unpaired) electrons. The molecular weight excluding hydrogens is 503 g/mol. The van der Waals surface area contributed by atoms with Crippen molar-refractivity contribution in [3.8, 4) is 0 Å². The van der Waals surface area contributed by atoms with E-state index in [9.17, 15) is 18.0 Å². The maximum atomic E-state index is 13.6. The highest BCUT2D eigenvalue weighted by Gasteiger charge is 2.23. The van der Waals surface area contributed by atoms with Crippen LogP contribution in [-0.2, 0) is 28.9 Å². The van der Waals surface area contributed by atoms with E-state index in [1.54, 1.807) is 19.2 Å². The molecular formula is C28H47ClF3N3O2. The summed E-state index contributed by atoms with van der Waals surface area (Å²) in [6.45, 7) is 17.2. The Morgan fingerprint density at radius 3 is 1.89 bits per heavy atom. The Balaban J connectivity index is -0.000000567. The Morgan fingerprint density at radius 1 is 1.03 bits per heavy atom. The second-order valence-corrected chi connectivity index (χ2v) is 7.37. The first kappa shape index (κ1) is 39.3. The van der Waals surface area contributed by atoms with Crippen molar-refractivity contribution in [2.75, 3.05) is 12.4 Å². The number of methoxy groups -OCH3 is 1. The highest BCUT2D eigenvalue weighted by Crippen LogP contribution is 2.21. The zero-order chi connectivity index (χ0) is 29.4. The summed E-state index contributed by atoms with van der Waals surface area (Å²) in [4.78, 5) is 18.8. The van der Waals surface area contributed by atoms with Gasteiger partial charge in [-0.25, -0.2) is 23.1 Å². The minimum absolute atomic E-state index is 0.218. The molecule has 5 nitrogen and oxygen atoms in total. The number of rotatable bonds is 9. The van der Waals surface area contributed by atoms with Crippen molar-refractivity contribution in [2.24, 2.45) is 0 Å². The molecule has 0 aliphatic heterocycles. The number of hydrogen-bond donors (Lipinski definition) is 1. The molecule has 9 heteroatoms. The topological polar surface area (TPSA) is 64.1 Å². The van der Waals surface area contributed by atoms with Gasteiger partial charge in [-0.3, -0.25) is 0 Å². The maximum absolute atomic E-state index is 13.6. The zero-order valence-electron chi connectivity index (χ0n) is 24.2. The van der Waals surface area contributed by atoms with Crippen LogP contribution in [0.15, 0.2) is 24.3 Å². The molecule has 0 aliphatic carbocycles. The summed E-state index contributed by atoms with van der Waals surface area (Å²) in [5.74, 6) is 0.460. The lowest BCUT2D eigenvalue weighted by Gasteiger charge is -2.22. The number of nitrogens with zero attached hydrogens (tertiary/aromatic N) is 2. The molecule has 1 N–H and O–H groups in total. The summed E-state index contributed by atoms with van der Waals surface area (Å²) in [7, 11) is 1.57. The summed E-state index contributed by atoms with van der Waals surface area (Å²) in [6, 6.07) is 6.68. The number of aromatic nitrogens is 2. The third-order valence-electron chi connectivity index (χ3n) is 4.98. The Morgan fingerprint density at radius 2 is 1.54 bits per heavy atom. The molecule has 1 aromatic carbocycles. The molecule has 0 saturated carbocycles. The van der Waals surface area contributed by atoms with Crippen LogP contribution in [0.3, 0.4) is 0 Å². The molecule has 2 rings (SSSR count). The van der Waals surface area contributed by atoms with E-state index in [2.05, 4.69) is 15.3 Å². The number of ether oxygens (including phenoxy) is 1. The molecule has 0 aliphatic rings. The van der Waals surface area contributed by atoms with Gasteiger partial charge in [-0.05, 0) is 50.3 Å². The number of carbonyl (C=O) groups is 1. The van der Waals surface area contributed by atoms with E-state index in [0.29, 0.717) is 17.9 Å². The standard InChI is InChI=1S/C15H17ClFN3.C7H14O2.C2H4F2.2C2H6/c1-3-11-13(4-2)19-15(16)20-14(11)18-9-10-7-5-6-8-12(10)17;1-4-7(5-2,6-8)9-3;1-2(3)4;2*1-2/h5-8H,3-4,9H2,1-2H3,(H,18,19,20);6H,4-5H2,1-3H3;2H,1H3;2*1-2H3. The summed E-state index contributed by atoms with van der Waals surface area (Å²) in [6.07, 6.45) is 1.82. The monoisotopic (exact) mass is 549 g/mol. The van der Waals surface area contributed by atoms with Gasteiger partial charge < -0.3 is 14.8 Å². The molecule has 0 unspecified atom stereocenters. The van der Waals surface area contributed by atoms with Crippen molar-refractivity contribution in [3.05, 3.63) is 52.2 Å². The van der Waals surface area contributed by atoms with Crippen LogP contribution in [0.1, 0.15) is 92.0 Å². The lowest BCUT2D eigenvalue weighted by Crippen LogP contribution is -2.31. The van der Waals surface area contributed by atoms with Gasteiger partial charge in [0.15, 0.2) is 6.29 Å². The highest BCUT2D eigenvalue weighted by molar-refractivity contribution is 6.28. The normalized spacial score (nSPS) is 9.81. The molecule has 0 amide bonds. The van der Waals surface area contributed by atoms with E-state index < -0.39 is 12.0 Å². The van der Waals surface area contributed by atoms with Crippen molar-refractivity contribution in [2.45, 2.75) is 107 Å². The molecule has 214 valence electrons. The summed E-state index contributed by atoms with van der Waals surface area (Å²) in [5.41, 5.74) is 2.05. The third kappa shape index (κ3) is 16.3. The molecule has 0 spiro atoms. The van der Waals surface area contributed by atoms with E-state index in [1.807, 2.05) is 61.5 Å². The third-order valence-corrected chi connectivity index (χ3v) is 5.15. The number of benzene rings is 1. The van der Waals surface area contributed by atoms with Gasteiger partial charge in [0.25, 0.3) is 0 Å². The smallest absolute Gasteiger partial charge is 0.235 e. The lowest BCUT2D eigenvalue weighted by molar-refractivity contribution is -0.128. The van der Waals surface area contributed by atoms with Gasteiger partial charge in [0.1, 0.15) is 17.2 Å². The Bertz CT molecular complexity index is 825. The molecule has 0 bridgehead atoms. The lowest BCUT2D eigenvalue weighted by atomic mass is 10.00. The number of aryl methyl sites for hydroxylation is 1. The fraction of sp³-hybridized carbons (Fsp3) is 0.607. The van der Waals surface area contributed by atoms with E-state index in [1.165, 1.54) is 6.07 Å². The van der Waals surface area contributed by atoms with Crippen molar-refractivity contribution < 1.29 is 22.7 Å².